The predicted molar refractivity (Wildman–Crippen MR) is 139 cm³/mol. The van der Waals surface area contributed by atoms with Crippen LogP contribution >= 0.6 is 0 Å². The molecule has 192 valence electrons. The molecule has 4 nitrogen and oxygen atoms in total. The summed E-state index contributed by atoms with van der Waals surface area (Å²) in [6.07, 6.45) is 1.50. The van der Waals surface area contributed by atoms with Crippen molar-refractivity contribution in [3.05, 3.63) is 75.9 Å². The minimum absolute atomic E-state index is 0.0152. The number of benzene rings is 2. The van der Waals surface area contributed by atoms with Crippen molar-refractivity contribution < 1.29 is 22.7 Å². The van der Waals surface area contributed by atoms with E-state index in [4.69, 9.17) is 9.57 Å². The maximum atomic E-state index is 12.6. The standard InChI is InChI=1S/C29H33F3N2O2/c1-7-19(3)12-14-25-21(5)10-9-11-26(25)22(6)34-36-28(20(4)8-2)23-13-15-27(24(16-23)17-33)35-18-29(30,31)32/h9-16,19H,7-8,18H2,1-6H3/b14-12-,28-20-,34-22+. The average molecular weight is 499 g/mol. The predicted octanol–water partition coefficient (Wildman–Crippen LogP) is 8.45. The molecular weight excluding hydrogens is 465 g/mol. The summed E-state index contributed by atoms with van der Waals surface area (Å²) < 4.78 is 42.5. The van der Waals surface area contributed by atoms with Crippen LogP contribution in [0.1, 0.15) is 75.3 Å². The normalized spacial score (nSPS) is 13.8. The highest BCUT2D eigenvalue weighted by atomic mass is 19.4. The van der Waals surface area contributed by atoms with Crippen molar-refractivity contribution >= 4 is 17.5 Å². The Bertz CT molecular complexity index is 1190. The lowest BCUT2D eigenvalue weighted by molar-refractivity contribution is -0.153. The second kappa shape index (κ2) is 13.0. The topological polar surface area (TPSA) is 54.6 Å². The van der Waals surface area contributed by atoms with E-state index in [-0.39, 0.29) is 11.3 Å². The van der Waals surface area contributed by atoms with Crippen molar-refractivity contribution in [2.24, 2.45) is 11.1 Å². The molecule has 0 heterocycles. The monoisotopic (exact) mass is 498 g/mol. The van der Waals surface area contributed by atoms with Gasteiger partial charge in [0.25, 0.3) is 0 Å². The van der Waals surface area contributed by atoms with E-state index in [0.29, 0.717) is 29.4 Å². The molecule has 2 aromatic carbocycles. The lowest BCUT2D eigenvalue weighted by Crippen LogP contribution is -2.19. The summed E-state index contributed by atoms with van der Waals surface area (Å²) in [5, 5.41) is 13.9. The number of allylic oxidation sites excluding steroid dienone is 2. The van der Waals surface area contributed by atoms with Crippen LogP contribution in [0.5, 0.6) is 5.75 Å². The third-order valence-corrected chi connectivity index (χ3v) is 5.89. The van der Waals surface area contributed by atoms with Gasteiger partial charge in [0.1, 0.15) is 11.8 Å². The van der Waals surface area contributed by atoms with Crippen LogP contribution in [0.2, 0.25) is 0 Å². The SMILES string of the molecule is CC/C(C)=C(\O/N=C(\C)c1cccc(C)c1/C=C\C(C)CC)c1ccc(OCC(F)(F)F)c(C#N)c1. The van der Waals surface area contributed by atoms with Crippen LogP contribution in [0, 0.1) is 24.2 Å². The number of aryl methyl sites for hydroxylation is 1. The number of alkyl halides is 3. The Labute approximate surface area is 211 Å². The number of halogens is 3. The van der Waals surface area contributed by atoms with Gasteiger partial charge >= 0.3 is 6.18 Å². The summed E-state index contributed by atoms with van der Waals surface area (Å²) in [5.41, 5.74) is 5.20. The molecule has 0 N–H and O–H groups in total. The smallest absolute Gasteiger partial charge is 0.422 e. The summed E-state index contributed by atoms with van der Waals surface area (Å²) in [4.78, 5) is 5.91. The fraction of sp³-hybridized carbons (Fsp3) is 0.379. The number of nitriles is 1. The van der Waals surface area contributed by atoms with Gasteiger partial charge in [0.15, 0.2) is 12.4 Å². The largest absolute Gasteiger partial charge is 0.483 e. The Kier molecular flexibility index (Phi) is 10.3. The fourth-order valence-electron chi connectivity index (χ4n) is 3.36. The quantitative estimate of drug-likeness (QED) is 0.188. The Morgan fingerprint density at radius 2 is 1.89 bits per heavy atom. The fourth-order valence-corrected chi connectivity index (χ4v) is 3.36. The van der Waals surface area contributed by atoms with Crippen molar-refractivity contribution in [1.29, 1.82) is 5.26 Å². The Balaban J connectivity index is 2.41. The molecule has 1 atom stereocenters. The van der Waals surface area contributed by atoms with Gasteiger partial charge in [0.2, 0.25) is 0 Å². The zero-order valence-electron chi connectivity index (χ0n) is 21.7. The number of rotatable bonds is 10. The third-order valence-electron chi connectivity index (χ3n) is 5.89. The molecule has 2 rings (SSSR count). The molecule has 0 fully saturated rings. The van der Waals surface area contributed by atoms with Gasteiger partial charge in [0.05, 0.1) is 11.3 Å². The molecule has 0 aliphatic rings. The van der Waals surface area contributed by atoms with Gasteiger partial charge < -0.3 is 9.57 Å². The van der Waals surface area contributed by atoms with E-state index < -0.39 is 12.8 Å². The summed E-state index contributed by atoms with van der Waals surface area (Å²) in [5.74, 6) is 0.759. The minimum atomic E-state index is -4.50. The number of oxime groups is 1. The van der Waals surface area contributed by atoms with Crippen LogP contribution in [0.15, 0.2) is 53.2 Å². The van der Waals surface area contributed by atoms with Crippen molar-refractivity contribution in [2.45, 2.75) is 60.6 Å². The number of ether oxygens (including phenoxy) is 1. The molecule has 0 aliphatic heterocycles. The maximum absolute atomic E-state index is 12.6. The van der Waals surface area contributed by atoms with Crippen molar-refractivity contribution in [3.8, 4) is 11.8 Å². The molecule has 0 saturated heterocycles. The Morgan fingerprint density at radius 1 is 1.17 bits per heavy atom. The van der Waals surface area contributed by atoms with E-state index in [0.717, 1.165) is 28.7 Å². The van der Waals surface area contributed by atoms with Gasteiger partial charge in [-0.2, -0.15) is 18.4 Å². The molecule has 1 unspecified atom stereocenters. The zero-order valence-corrected chi connectivity index (χ0v) is 21.7. The first-order valence-corrected chi connectivity index (χ1v) is 11.9. The van der Waals surface area contributed by atoms with Gasteiger partial charge in [-0.25, -0.2) is 0 Å². The number of nitrogens with zero attached hydrogens (tertiary/aromatic N) is 2. The van der Waals surface area contributed by atoms with Gasteiger partial charge in [0, 0.05) is 11.1 Å². The average Bonchev–Trinajstić information content (AvgIpc) is 2.85. The highest BCUT2D eigenvalue weighted by Crippen LogP contribution is 2.29. The van der Waals surface area contributed by atoms with Gasteiger partial charge in [-0.1, -0.05) is 62.7 Å². The minimum Gasteiger partial charge on any atom is -0.483 e. The number of hydrogen-bond acceptors (Lipinski definition) is 4. The van der Waals surface area contributed by atoms with E-state index >= 15 is 0 Å². The second-order valence-corrected chi connectivity index (χ2v) is 8.74. The van der Waals surface area contributed by atoms with Crippen molar-refractivity contribution in [3.63, 3.8) is 0 Å². The van der Waals surface area contributed by atoms with Crippen molar-refractivity contribution in [1.82, 2.24) is 0 Å². The summed E-state index contributed by atoms with van der Waals surface area (Å²) in [6.45, 7) is 10.6. The molecule has 0 radical (unpaired) electrons. The van der Waals surface area contributed by atoms with Crippen LogP contribution in [-0.2, 0) is 4.84 Å². The molecule has 0 amide bonds. The molecule has 7 heteroatoms. The maximum Gasteiger partial charge on any atom is 0.422 e. The summed E-state index contributed by atoms with van der Waals surface area (Å²) >= 11 is 0. The van der Waals surface area contributed by atoms with Crippen LogP contribution in [0.4, 0.5) is 13.2 Å². The van der Waals surface area contributed by atoms with Crippen LogP contribution in [0.3, 0.4) is 0 Å². The van der Waals surface area contributed by atoms with Crippen molar-refractivity contribution in [2.75, 3.05) is 6.61 Å². The summed E-state index contributed by atoms with van der Waals surface area (Å²) in [6, 6.07) is 12.3. The van der Waals surface area contributed by atoms with Crippen LogP contribution < -0.4 is 4.74 Å². The highest BCUT2D eigenvalue weighted by molar-refractivity contribution is 6.02. The third kappa shape index (κ3) is 8.01. The summed E-state index contributed by atoms with van der Waals surface area (Å²) in [7, 11) is 0. The molecule has 2 aromatic rings. The molecular formula is C29H33F3N2O2. The van der Waals surface area contributed by atoms with E-state index in [1.807, 2.05) is 52.0 Å². The first kappa shape index (κ1) is 28.7. The van der Waals surface area contributed by atoms with E-state index in [1.54, 1.807) is 6.07 Å². The van der Waals surface area contributed by atoms with Gasteiger partial charge in [-0.3, -0.25) is 0 Å². The molecule has 0 aliphatic carbocycles. The van der Waals surface area contributed by atoms with E-state index in [9.17, 15) is 18.4 Å². The Morgan fingerprint density at radius 3 is 2.50 bits per heavy atom. The van der Waals surface area contributed by atoms with Crippen LogP contribution in [-0.4, -0.2) is 18.5 Å². The molecule has 0 aromatic heterocycles. The van der Waals surface area contributed by atoms with E-state index in [1.165, 1.54) is 12.1 Å². The molecule has 0 saturated carbocycles. The van der Waals surface area contributed by atoms with Gasteiger partial charge in [-0.05, 0) is 68.0 Å². The first-order chi connectivity index (χ1) is 17.0. The first-order valence-electron chi connectivity index (χ1n) is 11.9. The lowest BCUT2D eigenvalue weighted by atomic mass is 9.97. The zero-order chi connectivity index (χ0) is 26.9. The lowest BCUT2D eigenvalue weighted by Gasteiger charge is -2.14. The van der Waals surface area contributed by atoms with Gasteiger partial charge in [-0.15, -0.1) is 0 Å². The molecule has 0 bridgehead atoms. The molecule has 36 heavy (non-hydrogen) atoms. The highest BCUT2D eigenvalue weighted by Gasteiger charge is 2.29. The van der Waals surface area contributed by atoms with Crippen LogP contribution in [0.25, 0.3) is 11.8 Å². The molecule has 0 spiro atoms. The van der Waals surface area contributed by atoms with E-state index in [2.05, 4.69) is 31.2 Å². The second-order valence-electron chi connectivity index (χ2n) is 8.74. The number of hydrogen-bond donors (Lipinski definition) is 0. The Hall–Kier alpha value is -3.53.